The number of pyridine rings is 1. The molecule has 1 aliphatic carbocycles. The predicted molar refractivity (Wildman–Crippen MR) is 67.7 cm³/mol. The molecule has 0 bridgehead atoms. The van der Waals surface area contributed by atoms with Crippen molar-refractivity contribution in [2.45, 2.75) is 31.7 Å². The Hall–Kier alpha value is -1.71. The third-order valence-electron chi connectivity index (χ3n) is 3.33. The lowest BCUT2D eigenvalue weighted by Crippen LogP contribution is -2.39. The van der Waals surface area contributed by atoms with Crippen LogP contribution in [0.15, 0.2) is 31.0 Å². The topological polar surface area (TPSA) is 33.2 Å². The average Bonchev–Trinajstić information content (AvgIpc) is 2.90. The highest BCUT2D eigenvalue weighted by molar-refractivity contribution is 5.94. The zero-order valence-corrected chi connectivity index (χ0v) is 10.3. The lowest BCUT2D eigenvalue weighted by Gasteiger charge is -2.27. The molecule has 0 atom stereocenters. The standard InChI is InChI=1S/C14H17FN2O/c1-2-9-17(12-5-3-4-6-12)14(18)11-7-8-13(15)16-10-11/h2,7-8,10,12H,1,3-6,9H2. The van der Waals surface area contributed by atoms with Gasteiger partial charge in [0.05, 0.1) is 5.56 Å². The molecule has 0 aromatic carbocycles. The van der Waals surface area contributed by atoms with E-state index in [1.165, 1.54) is 18.3 Å². The summed E-state index contributed by atoms with van der Waals surface area (Å²) in [7, 11) is 0. The van der Waals surface area contributed by atoms with Gasteiger partial charge in [0, 0.05) is 18.8 Å². The van der Waals surface area contributed by atoms with Crippen LogP contribution in [0.25, 0.3) is 0 Å². The van der Waals surface area contributed by atoms with Crippen LogP contribution in [0.1, 0.15) is 36.0 Å². The number of rotatable bonds is 4. The molecule has 1 amide bonds. The Kier molecular flexibility index (Phi) is 4.07. The lowest BCUT2D eigenvalue weighted by molar-refractivity contribution is 0.0706. The second-order valence-corrected chi connectivity index (χ2v) is 4.55. The summed E-state index contributed by atoms with van der Waals surface area (Å²) in [6.45, 7) is 4.22. The maximum absolute atomic E-state index is 12.7. The van der Waals surface area contributed by atoms with Gasteiger partial charge < -0.3 is 4.90 Å². The van der Waals surface area contributed by atoms with Gasteiger partial charge in [0.25, 0.3) is 5.91 Å². The number of nitrogens with zero attached hydrogens (tertiary/aromatic N) is 2. The van der Waals surface area contributed by atoms with Gasteiger partial charge in [0.2, 0.25) is 5.95 Å². The van der Waals surface area contributed by atoms with E-state index in [2.05, 4.69) is 11.6 Å². The van der Waals surface area contributed by atoms with Crippen LogP contribution >= 0.6 is 0 Å². The first-order valence-electron chi connectivity index (χ1n) is 6.26. The molecule has 0 N–H and O–H groups in total. The Balaban J connectivity index is 2.16. The molecule has 0 aliphatic heterocycles. The molecular formula is C14H17FN2O. The van der Waals surface area contributed by atoms with Crippen molar-refractivity contribution in [2.24, 2.45) is 0 Å². The molecule has 0 unspecified atom stereocenters. The van der Waals surface area contributed by atoms with Crippen LogP contribution in [0.3, 0.4) is 0 Å². The summed E-state index contributed by atoms with van der Waals surface area (Å²) >= 11 is 0. The molecule has 96 valence electrons. The van der Waals surface area contributed by atoms with Crippen molar-refractivity contribution in [1.82, 2.24) is 9.88 Å². The average molecular weight is 248 g/mol. The van der Waals surface area contributed by atoms with E-state index >= 15 is 0 Å². The van der Waals surface area contributed by atoms with Crippen molar-refractivity contribution in [2.75, 3.05) is 6.54 Å². The zero-order chi connectivity index (χ0) is 13.0. The van der Waals surface area contributed by atoms with Crippen molar-refractivity contribution in [3.05, 3.63) is 42.5 Å². The fraction of sp³-hybridized carbons (Fsp3) is 0.429. The fourth-order valence-corrected chi connectivity index (χ4v) is 2.42. The molecule has 1 saturated carbocycles. The largest absolute Gasteiger partial charge is 0.332 e. The zero-order valence-electron chi connectivity index (χ0n) is 10.3. The third-order valence-corrected chi connectivity index (χ3v) is 3.33. The van der Waals surface area contributed by atoms with Gasteiger partial charge in [0.15, 0.2) is 0 Å². The van der Waals surface area contributed by atoms with Gasteiger partial charge in [-0.2, -0.15) is 4.39 Å². The molecule has 4 heteroatoms. The van der Waals surface area contributed by atoms with Gasteiger partial charge >= 0.3 is 0 Å². The van der Waals surface area contributed by atoms with Gasteiger partial charge in [-0.05, 0) is 25.0 Å². The first-order valence-corrected chi connectivity index (χ1v) is 6.26. The molecule has 1 heterocycles. The highest BCUT2D eigenvalue weighted by Crippen LogP contribution is 2.24. The molecule has 0 radical (unpaired) electrons. The van der Waals surface area contributed by atoms with E-state index in [4.69, 9.17) is 0 Å². The van der Waals surface area contributed by atoms with Gasteiger partial charge in [-0.15, -0.1) is 6.58 Å². The number of amides is 1. The van der Waals surface area contributed by atoms with Crippen molar-refractivity contribution in [3.63, 3.8) is 0 Å². The summed E-state index contributed by atoms with van der Waals surface area (Å²) in [4.78, 5) is 17.7. The molecular weight excluding hydrogens is 231 g/mol. The third kappa shape index (κ3) is 2.75. The van der Waals surface area contributed by atoms with Crippen LogP contribution in [0.2, 0.25) is 0 Å². The molecule has 2 rings (SSSR count). The molecule has 1 aromatic rings. The minimum atomic E-state index is -0.567. The van der Waals surface area contributed by atoms with Gasteiger partial charge in [-0.3, -0.25) is 4.79 Å². The molecule has 1 fully saturated rings. The summed E-state index contributed by atoms with van der Waals surface area (Å²) in [5.41, 5.74) is 0.435. The van der Waals surface area contributed by atoms with Gasteiger partial charge in [0.1, 0.15) is 0 Å². The van der Waals surface area contributed by atoms with Crippen LogP contribution in [-0.4, -0.2) is 28.4 Å². The van der Waals surface area contributed by atoms with Crippen LogP contribution in [0.5, 0.6) is 0 Å². The molecule has 1 aromatic heterocycles. The van der Waals surface area contributed by atoms with E-state index < -0.39 is 5.95 Å². The maximum Gasteiger partial charge on any atom is 0.255 e. The number of hydrogen-bond donors (Lipinski definition) is 0. The highest BCUT2D eigenvalue weighted by atomic mass is 19.1. The Labute approximate surface area is 106 Å². The van der Waals surface area contributed by atoms with E-state index in [0.717, 1.165) is 25.7 Å². The van der Waals surface area contributed by atoms with Crippen LogP contribution < -0.4 is 0 Å². The predicted octanol–water partition coefficient (Wildman–Crippen LogP) is 2.79. The summed E-state index contributed by atoms with van der Waals surface area (Å²) in [5, 5.41) is 0. The number of hydrogen-bond acceptors (Lipinski definition) is 2. The Bertz CT molecular complexity index is 424. The first-order chi connectivity index (χ1) is 8.72. The van der Waals surface area contributed by atoms with Crippen molar-refractivity contribution in [1.29, 1.82) is 0 Å². The summed E-state index contributed by atoms with van der Waals surface area (Å²) in [6.07, 6.45) is 7.42. The van der Waals surface area contributed by atoms with Gasteiger partial charge in [-0.1, -0.05) is 18.9 Å². The normalized spacial score (nSPS) is 15.6. The molecule has 3 nitrogen and oxygen atoms in total. The Morgan fingerprint density at radius 3 is 2.78 bits per heavy atom. The minimum absolute atomic E-state index is 0.0886. The summed E-state index contributed by atoms with van der Waals surface area (Å²) < 4.78 is 12.7. The number of carbonyl (C=O) groups is 1. The minimum Gasteiger partial charge on any atom is -0.332 e. The Morgan fingerprint density at radius 1 is 1.50 bits per heavy atom. The van der Waals surface area contributed by atoms with Crippen LogP contribution in [0.4, 0.5) is 4.39 Å². The monoisotopic (exact) mass is 248 g/mol. The molecule has 0 spiro atoms. The van der Waals surface area contributed by atoms with Crippen LogP contribution in [0, 0.1) is 5.95 Å². The first kappa shape index (κ1) is 12.7. The van der Waals surface area contributed by atoms with Crippen LogP contribution in [-0.2, 0) is 0 Å². The van der Waals surface area contributed by atoms with Crippen molar-refractivity contribution in [3.8, 4) is 0 Å². The summed E-state index contributed by atoms with van der Waals surface area (Å²) in [6, 6.07) is 2.98. The number of carbonyl (C=O) groups excluding carboxylic acids is 1. The van der Waals surface area contributed by atoms with E-state index in [1.807, 2.05) is 4.90 Å². The number of halogens is 1. The SMILES string of the molecule is C=CCN(C(=O)c1ccc(F)nc1)C1CCCC1. The van der Waals surface area contributed by atoms with E-state index in [-0.39, 0.29) is 11.9 Å². The van der Waals surface area contributed by atoms with Crippen molar-refractivity contribution < 1.29 is 9.18 Å². The summed E-state index contributed by atoms with van der Waals surface area (Å²) in [5.74, 6) is -0.656. The molecule has 18 heavy (non-hydrogen) atoms. The second-order valence-electron chi connectivity index (χ2n) is 4.55. The quantitative estimate of drug-likeness (QED) is 0.606. The van der Waals surface area contributed by atoms with E-state index in [0.29, 0.717) is 12.1 Å². The second kappa shape index (κ2) is 5.76. The fourth-order valence-electron chi connectivity index (χ4n) is 2.42. The Morgan fingerprint density at radius 2 is 2.22 bits per heavy atom. The van der Waals surface area contributed by atoms with Crippen molar-refractivity contribution >= 4 is 5.91 Å². The van der Waals surface area contributed by atoms with E-state index in [9.17, 15) is 9.18 Å². The molecule has 0 saturated heterocycles. The smallest absolute Gasteiger partial charge is 0.255 e. The highest BCUT2D eigenvalue weighted by Gasteiger charge is 2.26. The lowest BCUT2D eigenvalue weighted by atomic mass is 10.1. The van der Waals surface area contributed by atoms with Gasteiger partial charge in [-0.25, -0.2) is 4.98 Å². The maximum atomic E-state index is 12.7. The van der Waals surface area contributed by atoms with E-state index in [1.54, 1.807) is 6.08 Å². The number of aromatic nitrogens is 1. The molecule has 1 aliphatic rings.